The van der Waals surface area contributed by atoms with Crippen LogP contribution in [0.2, 0.25) is 0 Å². The van der Waals surface area contributed by atoms with E-state index in [0.717, 1.165) is 38.8 Å². The van der Waals surface area contributed by atoms with Gasteiger partial charge in [0.2, 0.25) is 5.91 Å². The minimum absolute atomic E-state index is 0.187. The zero-order chi connectivity index (χ0) is 12.4. The highest BCUT2D eigenvalue weighted by molar-refractivity contribution is 6.18. The Bertz CT molecular complexity index is 226. The van der Waals surface area contributed by atoms with Crippen molar-refractivity contribution in [1.82, 2.24) is 4.90 Å². The van der Waals surface area contributed by atoms with E-state index in [2.05, 4.69) is 13.8 Å². The van der Waals surface area contributed by atoms with Crippen LogP contribution in [0.15, 0.2) is 11.6 Å². The molecule has 3 heteroatoms. The van der Waals surface area contributed by atoms with Crippen molar-refractivity contribution < 1.29 is 4.79 Å². The molecule has 16 heavy (non-hydrogen) atoms. The van der Waals surface area contributed by atoms with Gasteiger partial charge in [0.05, 0.1) is 0 Å². The van der Waals surface area contributed by atoms with Gasteiger partial charge in [0.25, 0.3) is 0 Å². The summed E-state index contributed by atoms with van der Waals surface area (Å²) in [4.78, 5) is 13.3. The number of unbranched alkanes of at least 4 members (excludes halogenated alkanes) is 1. The van der Waals surface area contributed by atoms with Crippen LogP contribution in [0.25, 0.3) is 0 Å². The lowest BCUT2D eigenvalue weighted by atomic mass is 10.1. The smallest absolute Gasteiger partial charge is 0.219 e. The number of amides is 1. The third-order valence-corrected chi connectivity index (χ3v) is 2.81. The van der Waals surface area contributed by atoms with E-state index in [-0.39, 0.29) is 5.91 Å². The number of halogens is 1. The highest BCUT2D eigenvalue weighted by atomic mass is 35.5. The van der Waals surface area contributed by atoms with E-state index in [0.29, 0.717) is 5.88 Å². The highest BCUT2D eigenvalue weighted by Gasteiger charge is 2.06. The summed E-state index contributed by atoms with van der Waals surface area (Å²) >= 11 is 5.62. The van der Waals surface area contributed by atoms with E-state index in [9.17, 15) is 4.79 Å². The van der Waals surface area contributed by atoms with Gasteiger partial charge in [0.15, 0.2) is 0 Å². The molecular weight excluding hydrogens is 222 g/mol. The molecule has 0 aromatic heterocycles. The van der Waals surface area contributed by atoms with Crippen molar-refractivity contribution in [2.75, 3.05) is 19.0 Å². The minimum atomic E-state index is 0.187. The third-order valence-electron chi connectivity index (χ3n) is 2.65. The van der Waals surface area contributed by atoms with E-state index in [1.165, 1.54) is 5.57 Å². The fourth-order valence-corrected chi connectivity index (χ4v) is 1.82. The summed E-state index contributed by atoms with van der Waals surface area (Å²) in [6.07, 6.45) is 6.32. The maximum Gasteiger partial charge on any atom is 0.219 e. The van der Waals surface area contributed by atoms with E-state index in [1.54, 1.807) is 6.92 Å². The molecule has 0 heterocycles. The van der Waals surface area contributed by atoms with Gasteiger partial charge in [-0.05, 0) is 26.2 Å². The maximum atomic E-state index is 11.3. The van der Waals surface area contributed by atoms with Crippen LogP contribution in [-0.4, -0.2) is 29.8 Å². The number of hydrogen-bond acceptors (Lipinski definition) is 1. The topological polar surface area (TPSA) is 20.3 Å². The Morgan fingerprint density at radius 2 is 1.88 bits per heavy atom. The third kappa shape index (κ3) is 7.75. The van der Waals surface area contributed by atoms with E-state index in [4.69, 9.17) is 11.6 Å². The minimum Gasteiger partial charge on any atom is -0.343 e. The molecule has 0 saturated heterocycles. The second-order valence-electron chi connectivity index (χ2n) is 4.17. The van der Waals surface area contributed by atoms with Crippen molar-refractivity contribution in [2.24, 2.45) is 0 Å². The Hall–Kier alpha value is -0.500. The molecule has 0 aromatic rings. The summed E-state index contributed by atoms with van der Waals surface area (Å²) in [7, 11) is 0. The van der Waals surface area contributed by atoms with Gasteiger partial charge < -0.3 is 4.90 Å². The number of carbonyl (C=O) groups is 1. The van der Waals surface area contributed by atoms with Crippen molar-refractivity contribution in [2.45, 2.75) is 46.5 Å². The molecule has 0 aliphatic rings. The van der Waals surface area contributed by atoms with E-state index >= 15 is 0 Å². The summed E-state index contributed by atoms with van der Waals surface area (Å²) in [5, 5.41) is 0. The van der Waals surface area contributed by atoms with Crippen LogP contribution in [-0.2, 0) is 4.79 Å². The van der Waals surface area contributed by atoms with Gasteiger partial charge in [0, 0.05) is 25.9 Å². The number of carbonyl (C=O) groups excluding carboxylic acids is 1. The van der Waals surface area contributed by atoms with E-state index in [1.807, 2.05) is 11.0 Å². The zero-order valence-corrected chi connectivity index (χ0v) is 11.5. The van der Waals surface area contributed by atoms with Crippen LogP contribution in [0, 0.1) is 0 Å². The van der Waals surface area contributed by atoms with Crippen LogP contribution in [0.3, 0.4) is 0 Å². The molecule has 0 N–H and O–H groups in total. The van der Waals surface area contributed by atoms with Crippen molar-refractivity contribution in [3.05, 3.63) is 11.6 Å². The molecule has 0 spiro atoms. The lowest BCUT2D eigenvalue weighted by molar-refractivity contribution is -0.129. The molecular formula is C13H24ClNO. The Morgan fingerprint density at radius 1 is 1.25 bits per heavy atom. The van der Waals surface area contributed by atoms with Gasteiger partial charge in [0.1, 0.15) is 0 Å². The number of alkyl halides is 1. The first-order chi connectivity index (χ1) is 7.61. The highest BCUT2D eigenvalue weighted by Crippen LogP contribution is 2.06. The Balaban J connectivity index is 3.84. The molecule has 0 radical (unpaired) electrons. The Morgan fingerprint density at radius 3 is 2.38 bits per heavy atom. The van der Waals surface area contributed by atoms with Crippen molar-refractivity contribution in [3.8, 4) is 0 Å². The molecule has 0 fully saturated rings. The van der Waals surface area contributed by atoms with E-state index < -0.39 is 0 Å². The van der Waals surface area contributed by atoms with Crippen LogP contribution in [0.5, 0.6) is 0 Å². The Labute approximate surface area is 105 Å². The summed E-state index contributed by atoms with van der Waals surface area (Å²) in [6.45, 7) is 7.64. The van der Waals surface area contributed by atoms with Crippen molar-refractivity contribution in [3.63, 3.8) is 0 Å². The molecule has 1 amide bonds. The standard InChI is InChI=1S/C13H24ClNO/c1-4-5-10-15(13(3)16)11-6-7-12(2)8-9-14/h8H,4-7,9-11H2,1-3H3. The molecule has 0 saturated carbocycles. The number of nitrogens with zero attached hydrogens (tertiary/aromatic N) is 1. The summed E-state index contributed by atoms with van der Waals surface area (Å²) in [6, 6.07) is 0. The maximum absolute atomic E-state index is 11.3. The first-order valence-corrected chi connectivity index (χ1v) is 6.62. The molecule has 0 unspecified atom stereocenters. The molecule has 0 rings (SSSR count). The summed E-state index contributed by atoms with van der Waals surface area (Å²) < 4.78 is 0. The zero-order valence-electron chi connectivity index (χ0n) is 10.8. The van der Waals surface area contributed by atoms with Gasteiger partial charge in [-0.25, -0.2) is 0 Å². The van der Waals surface area contributed by atoms with Gasteiger partial charge >= 0.3 is 0 Å². The van der Waals surface area contributed by atoms with Crippen LogP contribution >= 0.6 is 11.6 Å². The van der Waals surface area contributed by atoms with Gasteiger partial charge in [-0.15, -0.1) is 11.6 Å². The predicted octanol–water partition coefficient (Wildman–Crippen LogP) is 3.60. The Kier molecular flexibility index (Phi) is 9.40. The van der Waals surface area contributed by atoms with Crippen molar-refractivity contribution >= 4 is 17.5 Å². The SMILES string of the molecule is CCCCN(CCCC(C)=CCCl)C(C)=O. The fraction of sp³-hybridized carbons (Fsp3) is 0.769. The molecule has 94 valence electrons. The number of rotatable bonds is 8. The monoisotopic (exact) mass is 245 g/mol. The molecule has 0 aromatic carbocycles. The van der Waals surface area contributed by atoms with Gasteiger partial charge in [-0.1, -0.05) is 25.0 Å². The predicted molar refractivity (Wildman–Crippen MR) is 70.9 cm³/mol. The molecule has 0 atom stereocenters. The van der Waals surface area contributed by atoms with Crippen LogP contribution < -0.4 is 0 Å². The van der Waals surface area contributed by atoms with Crippen molar-refractivity contribution in [1.29, 1.82) is 0 Å². The fourth-order valence-electron chi connectivity index (χ4n) is 1.56. The lowest BCUT2D eigenvalue weighted by Gasteiger charge is -2.20. The molecule has 0 aliphatic carbocycles. The average molecular weight is 246 g/mol. The van der Waals surface area contributed by atoms with Crippen LogP contribution in [0.1, 0.15) is 46.5 Å². The van der Waals surface area contributed by atoms with Crippen LogP contribution in [0.4, 0.5) is 0 Å². The number of hydrogen-bond donors (Lipinski definition) is 0. The second kappa shape index (κ2) is 9.71. The molecule has 0 bridgehead atoms. The summed E-state index contributed by atoms with van der Waals surface area (Å²) in [5.74, 6) is 0.769. The molecule has 0 aliphatic heterocycles. The normalized spacial score (nSPS) is 11.6. The largest absolute Gasteiger partial charge is 0.343 e. The number of allylic oxidation sites excluding steroid dienone is 2. The quantitative estimate of drug-likeness (QED) is 0.473. The van der Waals surface area contributed by atoms with Gasteiger partial charge in [-0.3, -0.25) is 4.79 Å². The lowest BCUT2D eigenvalue weighted by Crippen LogP contribution is -2.30. The summed E-state index contributed by atoms with van der Waals surface area (Å²) in [5.41, 5.74) is 1.31. The average Bonchev–Trinajstić information content (AvgIpc) is 2.23. The first kappa shape index (κ1) is 15.5. The van der Waals surface area contributed by atoms with Gasteiger partial charge in [-0.2, -0.15) is 0 Å². The second-order valence-corrected chi connectivity index (χ2v) is 4.48. The molecule has 2 nitrogen and oxygen atoms in total. The first-order valence-electron chi connectivity index (χ1n) is 6.09.